The Morgan fingerprint density at radius 3 is 2.79 bits per heavy atom. The van der Waals surface area contributed by atoms with E-state index in [1.807, 2.05) is 34.7 Å². The zero-order valence-corrected chi connectivity index (χ0v) is 14.1. The molecule has 1 aromatic carbocycles. The first-order valence-corrected chi connectivity index (χ1v) is 8.46. The minimum atomic E-state index is -0.301. The maximum Gasteiger partial charge on any atom is 0.253 e. The number of aliphatic hydroxyl groups excluding tert-OH is 1. The number of ether oxygens (including phenoxy) is 1. The molecule has 6 heteroatoms. The third kappa shape index (κ3) is 2.17. The summed E-state index contributed by atoms with van der Waals surface area (Å²) in [5.74, 6) is 0.0418. The number of amides is 1. The molecule has 24 heavy (non-hydrogen) atoms. The molecule has 2 atom stereocenters. The van der Waals surface area contributed by atoms with Crippen LogP contribution in [0.5, 0.6) is 0 Å². The summed E-state index contributed by atoms with van der Waals surface area (Å²) in [6.07, 6.45) is 3.88. The minimum absolute atomic E-state index is 0.0418. The molecular formula is C18H23N3O3. The van der Waals surface area contributed by atoms with Crippen LogP contribution in [0.15, 0.2) is 24.5 Å². The molecule has 1 spiro atoms. The molecule has 2 fully saturated rings. The molecule has 1 aliphatic heterocycles. The van der Waals surface area contributed by atoms with E-state index in [1.54, 1.807) is 13.4 Å². The third-order valence-corrected chi connectivity index (χ3v) is 5.98. The van der Waals surface area contributed by atoms with Crippen molar-refractivity contribution in [3.63, 3.8) is 0 Å². The van der Waals surface area contributed by atoms with Gasteiger partial charge in [0.05, 0.1) is 29.6 Å². The van der Waals surface area contributed by atoms with Crippen LogP contribution < -0.4 is 0 Å². The van der Waals surface area contributed by atoms with Gasteiger partial charge in [-0.25, -0.2) is 4.98 Å². The number of hydrogen-bond donors (Lipinski definition) is 1. The van der Waals surface area contributed by atoms with E-state index in [9.17, 15) is 9.90 Å². The van der Waals surface area contributed by atoms with Crippen molar-refractivity contribution in [3.05, 3.63) is 30.1 Å². The average molecular weight is 329 g/mol. The molecule has 1 aromatic heterocycles. The van der Waals surface area contributed by atoms with Crippen LogP contribution in [0.4, 0.5) is 0 Å². The largest absolute Gasteiger partial charge is 0.392 e. The number of likely N-dealkylation sites (tertiary alicyclic amines) is 1. The Balaban J connectivity index is 1.49. The topological polar surface area (TPSA) is 67.6 Å². The van der Waals surface area contributed by atoms with Gasteiger partial charge in [0, 0.05) is 44.6 Å². The SMILES string of the molecule is CO[C@@H]1C[C@H](O)C12CCN(C(=O)c1ccc3c(c1)ncn3C)CC2. The van der Waals surface area contributed by atoms with Crippen molar-refractivity contribution >= 4 is 16.9 Å². The number of hydrogen-bond acceptors (Lipinski definition) is 4. The summed E-state index contributed by atoms with van der Waals surface area (Å²) < 4.78 is 7.45. The Morgan fingerprint density at radius 1 is 1.38 bits per heavy atom. The molecule has 0 bridgehead atoms. The maximum atomic E-state index is 12.8. The van der Waals surface area contributed by atoms with E-state index in [2.05, 4.69) is 4.98 Å². The van der Waals surface area contributed by atoms with Crippen LogP contribution in [0.25, 0.3) is 11.0 Å². The fraction of sp³-hybridized carbons (Fsp3) is 0.556. The second-order valence-corrected chi connectivity index (χ2v) is 7.06. The molecule has 2 heterocycles. The summed E-state index contributed by atoms with van der Waals surface area (Å²) in [5, 5.41) is 10.2. The zero-order valence-electron chi connectivity index (χ0n) is 14.1. The molecule has 1 saturated heterocycles. The summed E-state index contributed by atoms with van der Waals surface area (Å²) in [4.78, 5) is 19.0. The lowest BCUT2D eigenvalue weighted by Gasteiger charge is -2.56. The van der Waals surface area contributed by atoms with Gasteiger partial charge in [-0.1, -0.05) is 0 Å². The number of piperidine rings is 1. The number of fused-ring (bicyclic) bond motifs is 1. The van der Waals surface area contributed by atoms with Crippen LogP contribution in [-0.4, -0.2) is 57.9 Å². The highest BCUT2D eigenvalue weighted by atomic mass is 16.5. The molecule has 1 amide bonds. The minimum Gasteiger partial charge on any atom is -0.392 e. The van der Waals surface area contributed by atoms with Crippen LogP contribution in [0, 0.1) is 5.41 Å². The number of benzene rings is 1. The summed E-state index contributed by atoms with van der Waals surface area (Å²) >= 11 is 0. The lowest BCUT2D eigenvalue weighted by Crippen LogP contribution is -2.62. The van der Waals surface area contributed by atoms with Gasteiger partial charge in [-0.15, -0.1) is 0 Å². The first-order valence-electron chi connectivity index (χ1n) is 8.46. The zero-order chi connectivity index (χ0) is 16.9. The number of methoxy groups -OCH3 is 1. The molecule has 0 radical (unpaired) electrons. The van der Waals surface area contributed by atoms with Crippen LogP contribution >= 0.6 is 0 Å². The molecule has 1 saturated carbocycles. The van der Waals surface area contributed by atoms with Gasteiger partial charge >= 0.3 is 0 Å². The van der Waals surface area contributed by atoms with Crippen molar-refractivity contribution in [1.82, 2.24) is 14.5 Å². The van der Waals surface area contributed by atoms with Gasteiger partial charge < -0.3 is 19.3 Å². The highest BCUT2D eigenvalue weighted by Gasteiger charge is 2.56. The van der Waals surface area contributed by atoms with E-state index >= 15 is 0 Å². The predicted molar refractivity (Wildman–Crippen MR) is 89.7 cm³/mol. The van der Waals surface area contributed by atoms with Gasteiger partial charge in [-0.3, -0.25) is 4.79 Å². The molecule has 0 unspecified atom stereocenters. The second kappa shape index (κ2) is 5.57. The Labute approximate surface area is 141 Å². The van der Waals surface area contributed by atoms with E-state index in [0.29, 0.717) is 25.1 Å². The van der Waals surface area contributed by atoms with Gasteiger partial charge in [0.15, 0.2) is 0 Å². The van der Waals surface area contributed by atoms with Crippen LogP contribution in [0.1, 0.15) is 29.6 Å². The van der Waals surface area contributed by atoms with Crippen molar-refractivity contribution in [2.45, 2.75) is 31.5 Å². The van der Waals surface area contributed by atoms with Crippen molar-refractivity contribution < 1.29 is 14.6 Å². The molecular weight excluding hydrogens is 306 g/mol. The Kier molecular flexibility index (Phi) is 3.62. The van der Waals surface area contributed by atoms with Crippen LogP contribution in [0.3, 0.4) is 0 Å². The quantitative estimate of drug-likeness (QED) is 0.908. The summed E-state index contributed by atoms with van der Waals surface area (Å²) in [6, 6.07) is 5.67. The van der Waals surface area contributed by atoms with Crippen LogP contribution in [0.2, 0.25) is 0 Å². The van der Waals surface area contributed by atoms with Crippen molar-refractivity contribution in [2.24, 2.45) is 12.5 Å². The van der Waals surface area contributed by atoms with E-state index in [0.717, 1.165) is 23.9 Å². The normalized spacial score (nSPS) is 25.9. The number of rotatable bonds is 2. The molecule has 1 aliphatic carbocycles. The number of carbonyl (C=O) groups is 1. The van der Waals surface area contributed by atoms with Crippen molar-refractivity contribution in [1.29, 1.82) is 0 Å². The molecule has 1 N–H and O–H groups in total. The number of nitrogens with zero attached hydrogens (tertiary/aromatic N) is 3. The molecule has 6 nitrogen and oxygen atoms in total. The Hall–Kier alpha value is -1.92. The van der Waals surface area contributed by atoms with Crippen molar-refractivity contribution in [2.75, 3.05) is 20.2 Å². The predicted octanol–water partition coefficient (Wildman–Crippen LogP) is 1.58. The smallest absolute Gasteiger partial charge is 0.253 e. The average Bonchev–Trinajstić information content (AvgIpc) is 2.99. The molecule has 2 aromatic rings. The second-order valence-electron chi connectivity index (χ2n) is 7.06. The lowest BCUT2D eigenvalue weighted by molar-refractivity contribution is -0.199. The number of aromatic nitrogens is 2. The monoisotopic (exact) mass is 329 g/mol. The van der Waals surface area contributed by atoms with E-state index in [-0.39, 0.29) is 23.5 Å². The Morgan fingerprint density at radius 2 is 2.12 bits per heavy atom. The Bertz CT molecular complexity index is 777. The fourth-order valence-electron chi connectivity index (χ4n) is 4.29. The molecule has 128 valence electrons. The van der Waals surface area contributed by atoms with Gasteiger partial charge in [0.1, 0.15) is 0 Å². The number of aryl methyl sites for hydroxylation is 1. The molecule has 4 rings (SSSR count). The summed E-state index contributed by atoms with van der Waals surface area (Å²) in [5.41, 5.74) is 2.38. The van der Waals surface area contributed by atoms with Crippen molar-refractivity contribution in [3.8, 4) is 0 Å². The van der Waals surface area contributed by atoms with Gasteiger partial charge in [-0.2, -0.15) is 0 Å². The highest BCUT2D eigenvalue weighted by Crippen LogP contribution is 2.50. The number of aliphatic hydroxyl groups is 1. The van der Waals surface area contributed by atoms with Gasteiger partial charge in [0.25, 0.3) is 5.91 Å². The third-order valence-electron chi connectivity index (χ3n) is 5.98. The fourth-order valence-corrected chi connectivity index (χ4v) is 4.29. The van der Waals surface area contributed by atoms with Crippen LogP contribution in [-0.2, 0) is 11.8 Å². The summed E-state index contributed by atoms with van der Waals surface area (Å²) in [6.45, 7) is 1.33. The number of carbonyl (C=O) groups excluding carboxylic acids is 1. The maximum absolute atomic E-state index is 12.8. The van der Waals surface area contributed by atoms with Gasteiger partial charge in [-0.05, 0) is 31.0 Å². The van der Waals surface area contributed by atoms with E-state index in [4.69, 9.17) is 4.74 Å². The standard InChI is InChI=1S/C18H23N3O3/c1-20-11-19-13-9-12(3-4-14(13)20)17(23)21-7-5-18(6-8-21)15(22)10-16(18)24-2/h3-4,9,11,15-16,22H,5-8,10H2,1-2H3/t15-,16+/m0/s1. The summed E-state index contributed by atoms with van der Waals surface area (Å²) in [7, 11) is 3.65. The number of imidazole rings is 1. The first kappa shape index (κ1) is 15.6. The van der Waals surface area contributed by atoms with Gasteiger partial charge in [0.2, 0.25) is 0 Å². The van der Waals surface area contributed by atoms with E-state index < -0.39 is 0 Å². The molecule has 2 aliphatic rings. The highest BCUT2D eigenvalue weighted by molar-refractivity contribution is 5.97. The van der Waals surface area contributed by atoms with E-state index in [1.165, 1.54) is 0 Å². The first-order chi connectivity index (χ1) is 11.5. The lowest BCUT2D eigenvalue weighted by atomic mass is 9.58.